The molecule has 166 valence electrons. The lowest BCUT2D eigenvalue weighted by Crippen LogP contribution is -2.38. The first kappa shape index (κ1) is 20.6. The Morgan fingerprint density at radius 2 is 2.03 bits per heavy atom. The molecule has 5 rings (SSSR count). The summed E-state index contributed by atoms with van der Waals surface area (Å²) in [6.07, 6.45) is 9.06. The van der Waals surface area contributed by atoms with Crippen LogP contribution in [0.2, 0.25) is 0 Å². The number of nitrogens with zero attached hydrogens (tertiary/aromatic N) is 6. The first-order valence-corrected chi connectivity index (χ1v) is 11.1. The van der Waals surface area contributed by atoms with E-state index in [1.165, 1.54) is 5.56 Å². The van der Waals surface area contributed by atoms with Crippen LogP contribution < -0.4 is 10.6 Å². The van der Waals surface area contributed by atoms with Crippen molar-refractivity contribution in [2.75, 3.05) is 24.5 Å². The molecule has 0 spiro atoms. The molecule has 2 saturated heterocycles. The quantitative estimate of drug-likeness (QED) is 0.631. The van der Waals surface area contributed by atoms with E-state index in [1.807, 2.05) is 24.4 Å². The number of aromatic nitrogens is 4. The maximum absolute atomic E-state index is 11.4. The molecule has 0 radical (unpaired) electrons. The van der Waals surface area contributed by atoms with E-state index in [0.29, 0.717) is 11.7 Å². The zero-order valence-electron chi connectivity index (χ0n) is 17.9. The zero-order valence-corrected chi connectivity index (χ0v) is 17.9. The molecular formula is C23H27N7O2. The van der Waals surface area contributed by atoms with E-state index in [2.05, 4.69) is 31.0 Å². The zero-order chi connectivity index (χ0) is 21.9. The van der Waals surface area contributed by atoms with Gasteiger partial charge in [0.15, 0.2) is 0 Å². The third-order valence-corrected chi connectivity index (χ3v) is 6.42. The first-order valence-electron chi connectivity index (χ1n) is 11.1. The van der Waals surface area contributed by atoms with Gasteiger partial charge in [-0.3, -0.25) is 14.7 Å². The molecule has 0 saturated carbocycles. The van der Waals surface area contributed by atoms with Gasteiger partial charge in [-0.15, -0.1) is 0 Å². The molecule has 3 aromatic heterocycles. The molecule has 2 aliphatic heterocycles. The van der Waals surface area contributed by atoms with Crippen LogP contribution in [0.1, 0.15) is 43.2 Å². The van der Waals surface area contributed by atoms with E-state index in [1.54, 1.807) is 12.4 Å². The Hall–Kier alpha value is -3.33. The molecule has 0 aromatic carbocycles. The van der Waals surface area contributed by atoms with Gasteiger partial charge >= 0.3 is 0 Å². The maximum Gasteiger partial charge on any atom is 0.244 e. The number of carbonyl (C=O) groups excluding carboxylic acids is 1. The predicted molar refractivity (Wildman–Crippen MR) is 118 cm³/mol. The summed E-state index contributed by atoms with van der Waals surface area (Å²) < 4.78 is 5.69. The monoisotopic (exact) mass is 433 g/mol. The van der Waals surface area contributed by atoms with Crippen molar-refractivity contribution in [2.24, 2.45) is 11.7 Å². The van der Waals surface area contributed by atoms with Crippen LogP contribution in [0.4, 0.5) is 5.82 Å². The van der Waals surface area contributed by atoms with Gasteiger partial charge in [0.05, 0.1) is 6.04 Å². The minimum absolute atomic E-state index is 0.0461. The highest BCUT2D eigenvalue weighted by molar-refractivity contribution is 5.77. The molecule has 9 heteroatoms. The van der Waals surface area contributed by atoms with Crippen molar-refractivity contribution in [1.82, 2.24) is 25.0 Å². The molecule has 32 heavy (non-hydrogen) atoms. The fraction of sp³-hybridized carbons (Fsp3) is 0.435. The lowest BCUT2D eigenvalue weighted by Gasteiger charge is -2.31. The van der Waals surface area contributed by atoms with Crippen molar-refractivity contribution in [3.63, 3.8) is 0 Å². The molecule has 2 aliphatic rings. The molecule has 0 aliphatic carbocycles. The highest BCUT2D eigenvalue weighted by Gasteiger charge is 2.31. The number of rotatable bonds is 6. The summed E-state index contributed by atoms with van der Waals surface area (Å²) in [5, 5.41) is 4.26. The Kier molecular flexibility index (Phi) is 5.81. The number of carbonyl (C=O) groups is 1. The molecule has 2 fully saturated rings. The number of primary amides is 1. The first-order chi connectivity index (χ1) is 15.7. The van der Waals surface area contributed by atoms with Crippen LogP contribution in [0.3, 0.4) is 0 Å². The van der Waals surface area contributed by atoms with Gasteiger partial charge in [0.2, 0.25) is 17.6 Å². The van der Waals surface area contributed by atoms with Crippen LogP contribution in [0, 0.1) is 5.92 Å². The van der Waals surface area contributed by atoms with Crippen molar-refractivity contribution < 1.29 is 9.32 Å². The SMILES string of the molecule is NC(=O)C1CCN(c2cc(-c3noc([C@@H]4CCCN4Cc4cccnc4)n3)ccn2)CC1. The van der Waals surface area contributed by atoms with Crippen LogP contribution >= 0.6 is 0 Å². The van der Waals surface area contributed by atoms with Gasteiger partial charge < -0.3 is 15.2 Å². The minimum atomic E-state index is -0.213. The Balaban J connectivity index is 1.29. The molecule has 0 bridgehead atoms. The van der Waals surface area contributed by atoms with Gasteiger partial charge in [0, 0.05) is 49.7 Å². The number of hydrogen-bond acceptors (Lipinski definition) is 8. The molecule has 9 nitrogen and oxygen atoms in total. The van der Waals surface area contributed by atoms with Crippen molar-refractivity contribution in [3.05, 3.63) is 54.3 Å². The molecule has 2 N–H and O–H groups in total. The Bertz CT molecular complexity index is 1060. The van der Waals surface area contributed by atoms with Crippen molar-refractivity contribution in [2.45, 2.75) is 38.3 Å². The second-order valence-electron chi connectivity index (χ2n) is 8.51. The lowest BCUT2D eigenvalue weighted by molar-refractivity contribution is -0.122. The summed E-state index contributed by atoms with van der Waals surface area (Å²) in [6, 6.07) is 8.05. The normalized spacial score (nSPS) is 20.0. The van der Waals surface area contributed by atoms with Crippen molar-refractivity contribution >= 4 is 11.7 Å². The average molecular weight is 434 g/mol. The van der Waals surface area contributed by atoms with Gasteiger partial charge in [0.1, 0.15) is 5.82 Å². The van der Waals surface area contributed by atoms with E-state index >= 15 is 0 Å². The average Bonchev–Trinajstić information content (AvgIpc) is 3.49. The predicted octanol–water partition coefficient (Wildman–Crippen LogP) is 2.57. The van der Waals surface area contributed by atoms with Crippen LogP contribution in [-0.4, -0.2) is 50.5 Å². The second kappa shape index (κ2) is 9.04. The summed E-state index contributed by atoms with van der Waals surface area (Å²) in [6.45, 7) is 3.33. The number of nitrogens with two attached hydrogens (primary N) is 1. The number of likely N-dealkylation sites (tertiary alicyclic amines) is 1. The molecule has 1 atom stereocenters. The summed E-state index contributed by atoms with van der Waals surface area (Å²) in [5.74, 6) is 1.83. The minimum Gasteiger partial charge on any atom is -0.369 e. The highest BCUT2D eigenvalue weighted by atomic mass is 16.5. The van der Waals surface area contributed by atoms with E-state index in [9.17, 15) is 4.79 Å². The number of hydrogen-bond donors (Lipinski definition) is 1. The lowest BCUT2D eigenvalue weighted by atomic mass is 9.96. The Labute approximate surface area is 186 Å². The highest BCUT2D eigenvalue weighted by Crippen LogP contribution is 2.33. The number of anilines is 1. The van der Waals surface area contributed by atoms with E-state index < -0.39 is 0 Å². The topological polar surface area (TPSA) is 114 Å². The molecule has 0 unspecified atom stereocenters. The number of pyridine rings is 2. The summed E-state index contributed by atoms with van der Waals surface area (Å²) >= 11 is 0. The maximum atomic E-state index is 11.4. The molecule has 1 amide bonds. The standard InChI is InChI=1S/C23H27N7O2/c24-21(31)17-6-11-29(12-7-17)20-13-18(5-9-26-20)22-27-23(32-28-22)19-4-2-10-30(19)15-16-3-1-8-25-14-16/h1,3,5,8-9,13-14,17,19H,2,4,6-7,10-12,15H2,(H2,24,31)/t19-/m0/s1. The van der Waals surface area contributed by atoms with E-state index in [-0.39, 0.29) is 17.9 Å². The Morgan fingerprint density at radius 1 is 1.16 bits per heavy atom. The molecular weight excluding hydrogens is 406 g/mol. The van der Waals surface area contributed by atoms with Crippen LogP contribution in [0.5, 0.6) is 0 Å². The summed E-state index contributed by atoms with van der Waals surface area (Å²) in [4.78, 5) is 29.4. The van der Waals surface area contributed by atoms with Crippen molar-refractivity contribution in [1.29, 1.82) is 0 Å². The van der Waals surface area contributed by atoms with E-state index in [4.69, 9.17) is 15.2 Å². The summed E-state index contributed by atoms with van der Waals surface area (Å²) in [7, 11) is 0. The summed E-state index contributed by atoms with van der Waals surface area (Å²) in [5.41, 5.74) is 7.50. The fourth-order valence-electron chi connectivity index (χ4n) is 4.63. The fourth-order valence-corrected chi connectivity index (χ4v) is 4.63. The Morgan fingerprint density at radius 3 is 2.81 bits per heavy atom. The second-order valence-corrected chi connectivity index (χ2v) is 8.51. The van der Waals surface area contributed by atoms with Gasteiger partial charge in [-0.2, -0.15) is 4.98 Å². The van der Waals surface area contributed by atoms with Gasteiger partial charge in [-0.1, -0.05) is 11.2 Å². The van der Waals surface area contributed by atoms with Crippen LogP contribution in [0.25, 0.3) is 11.4 Å². The third kappa shape index (κ3) is 4.34. The van der Waals surface area contributed by atoms with Crippen LogP contribution in [0.15, 0.2) is 47.4 Å². The molecule has 3 aromatic rings. The van der Waals surface area contributed by atoms with Gasteiger partial charge in [0.25, 0.3) is 0 Å². The number of piperidine rings is 1. The molecule has 5 heterocycles. The van der Waals surface area contributed by atoms with Gasteiger partial charge in [-0.25, -0.2) is 4.98 Å². The third-order valence-electron chi connectivity index (χ3n) is 6.42. The van der Waals surface area contributed by atoms with Crippen molar-refractivity contribution in [3.8, 4) is 11.4 Å². The van der Waals surface area contributed by atoms with E-state index in [0.717, 1.165) is 63.2 Å². The van der Waals surface area contributed by atoms with Crippen LogP contribution in [-0.2, 0) is 11.3 Å². The largest absolute Gasteiger partial charge is 0.369 e. The number of amides is 1. The van der Waals surface area contributed by atoms with Gasteiger partial charge in [-0.05, 0) is 56.0 Å². The smallest absolute Gasteiger partial charge is 0.244 e.